The molecule has 3 N–H and O–H groups in total. The fraction of sp³-hybridized carbons (Fsp3) is 0.690. The van der Waals surface area contributed by atoms with Crippen molar-refractivity contribution in [3.63, 3.8) is 0 Å². The Kier molecular flexibility index (Phi) is 10.7. The number of ether oxygens (including phenoxy) is 3. The second-order valence-electron chi connectivity index (χ2n) is 10.6. The Balaban J connectivity index is 2.03. The van der Waals surface area contributed by atoms with Crippen LogP contribution in [0.1, 0.15) is 95.5 Å². The van der Waals surface area contributed by atoms with Crippen LogP contribution in [0.5, 0.6) is 17.2 Å². The van der Waals surface area contributed by atoms with Crippen molar-refractivity contribution in [2.75, 3.05) is 27.9 Å². The number of nitrogens with one attached hydrogen (secondary N) is 1. The van der Waals surface area contributed by atoms with Crippen molar-refractivity contribution in [3.05, 3.63) is 17.7 Å². The number of nitrogens with zero attached hydrogens (tertiary/aromatic N) is 1. The second-order valence-corrected chi connectivity index (χ2v) is 10.6. The van der Waals surface area contributed by atoms with E-state index in [0.29, 0.717) is 36.5 Å². The summed E-state index contributed by atoms with van der Waals surface area (Å²) >= 11 is 0. The summed E-state index contributed by atoms with van der Waals surface area (Å²) in [6, 6.07) is 3.10. The number of methoxy groups -OCH3 is 3. The van der Waals surface area contributed by atoms with Crippen LogP contribution in [0.15, 0.2) is 12.1 Å². The highest BCUT2D eigenvalue weighted by molar-refractivity contribution is 6.00. The molecule has 0 bridgehead atoms. The minimum atomic E-state index is -1.10. The van der Waals surface area contributed by atoms with Crippen LogP contribution in [0.2, 0.25) is 0 Å². The monoisotopic (exact) mass is 531 g/mol. The summed E-state index contributed by atoms with van der Waals surface area (Å²) in [4.78, 5) is 41.8. The molecule has 0 heterocycles. The van der Waals surface area contributed by atoms with Gasteiger partial charge in [0.2, 0.25) is 17.6 Å². The minimum absolute atomic E-state index is 0.0668. The zero-order chi connectivity index (χ0) is 27.7. The molecular weight excluding hydrogens is 486 g/mol. The van der Waals surface area contributed by atoms with E-state index in [0.717, 1.165) is 63.4 Å². The smallest absolute Gasteiger partial charge is 0.324 e. The molecule has 0 saturated heterocycles. The zero-order valence-corrected chi connectivity index (χ0v) is 23.5. The van der Waals surface area contributed by atoms with Gasteiger partial charge in [-0.15, -0.1) is 0 Å². The van der Waals surface area contributed by atoms with Crippen LogP contribution >= 0.6 is 0 Å². The first-order valence-corrected chi connectivity index (χ1v) is 14.0. The number of amides is 4. The Morgan fingerprint density at radius 2 is 1.58 bits per heavy atom. The molecule has 4 amide bonds. The summed E-state index contributed by atoms with van der Waals surface area (Å²) in [6.45, 7) is 2.36. The second kappa shape index (κ2) is 13.7. The number of unbranched alkanes of at least 4 members (excludes halogenated alkanes) is 2. The average Bonchev–Trinajstić information content (AvgIpc) is 3.41. The summed E-state index contributed by atoms with van der Waals surface area (Å²) in [7, 11) is 4.64. The molecule has 1 atom stereocenters. The lowest BCUT2D eigenvalue weighted by Gasteiger charge is -2.35. The van der Waals surface area contributed by atoms with E-state index < -0.39 is 23.4 Å². The molecule has 0 radical (unpaired) electrons. The topological polar surface area (TPSA) is 120 Å². The Hall–Kier alpha value is -2.97. The van der Waals surface area contributed by atoms with Gasteiger partial charge >= 0.3 is 6.03 Å². The van der Waals surface area contributed by atoms with E-state index in [-0.39, 0.29) is 18.4 Å². The van der Waals surface area contributed by atoms with Crippen LogP contribution in [0.4, 0.5) is 4.79 Å². The molecule has 1 aromatic carbocycles. The Morgan fingerprint density at radius 3 is 2.08 bits per heavy atom. The number of imide groups is 1. The van der Waals surface area contributed by atoms with Gasteiger partial charge < -0.3 is 25.3 Å². The summed E-state index contributed by atoms with van der Waals surface area (Å²) in [5.74, 6) is 0.0830. The van der Waals surface area contributed by atoms with E-state index in [4.69, 9.17) is 19.9 Å². The summed E-state index contributed by atoms with van der Waals surface area (Å²) < 4.78 is 16.7. The van der Waals surface area contributed by atoms with E-state index in [1.165, 1.54) is 4.90 Å². The van der Waals surface area contributed by atoms with E-state index in [9.17, 15) is 14.4 Å². The van der Waals surface area contributed by atoms with Crippen molar-refractivity contribution in [2.24, 2.45) is 11.7 Å². The molecule has 0 spiro atoms. The Labute approximate surface area is 226 Å². The molecule has 2 aliphatic carbocycles. The molecule has 38 heavy (non-hydrogen) atoms. The molecule has 0 aliphatic heterocycles. The van der Waals surface area contributed by atoms with Crippen molar-refractivity contribution in [2.45, 2.75) is 95.4 Å². The zero-order valence-electron chi connectivity index (χ0n) is 23.5. The van der Waals surface area contributed by atoms with E-state index >= 15 is 0 Å². The molecular formula is C29H45N3O6. The lowest BCUT2D eigenvalue weighted by molar-refractivity contribution is -0.132. The molecule has 9 heteroatoms. The third-order valence-electron chi connectivity index (χ3n) is 8.20. The highest BCUT2D eigenvalue weighted by Crippen LogP contribution is 2.44. The number of hydrogen-bond donors (Lipinski definition) is 2. The van der Waals surface area contributed by atoms with Gasteiger partial charge in [-0.1, -0.05) is 51.9 Å². The van der Waals surface area contributed by atoms with Gasteiger partial charge in [0.25, 0.3) is 0 Å². The van der Waals surface area contributed by atoms with Gasteiger partial charge in [0.1, 0.15) is 5.54 Å². The Morgan fingerprint density at radius 1 is 0.974 bits per heavy atom. The maximum Gasteiger partial charge on any atom is 0.324 e. The van der Waals surface area contributed by atoms with Crippen LogP contribution in [-0.2, 0) is 9.59 Å². The fourth-order valence-corrected chi connectivity index (χ4v) is 6.05. The molecule has 0 aromatic heterocycles. The maximum absolute atomic E-state index is 14.4. The first kappa shape index (κ1) is 29.6. The van der Waals surface area contributed by atoms with Crippen molar-refractivity contribution in [3.8, 4) is 17.2 Å². The van der Waals surface area contributed by atoms with Gasteiger partial charge in [-0.3, -0.25) is 14.5 Å². The molecule has 9 nitrogen and oxygen atoms in total. The molecule has 2 aliphatic rings. The SMILES string of the molecule is CCCCCN(C(=O)NC1(C(N)=O)CCCC1)C(=O)C(c1cc(OC)c(OC)c(OC)c1)C1CCCCC1. The average molecular weight is 532 g/mol. The summed E-state index contributed by atoms with van der Waals surface area (Å²) in [6.07, 6.45) is 10.1. The van der Waals surface area contributed by atoms with Crippen molar-refractivity contribution < 1.29 is 28.6 Å². The van der Waals surface area contributed by atoms with E-state index in [1.54, 1.807) is 21.3 Å². The Bertz CT molecular complexity index is 944. The largest absolute Gasteiger partial charge is 0.493 e. The van der Waals surface area contributed by atoms with Crippen LogP contribution in [-0.4, -0.2) is 56.2 Å². The van der Waals surface area contributed by atoms with Gasteiger partial charge in [0.05, 0.1) is 27.2 Å². The maximum atomic E-state index is 14.4. The third kappa shape index (κ3) is 6.53. The van der Waals surface area contributed by atoms with Crippen LogP contribution < -0.4 is 25.3 Å². The van der Waals surface area contributed by atoms with E-state index in [1.807, 2.05) is 12.1 Å². The number of carbonyl (C=O) groups excluding carboxylic acids is 3. The van der Waals surface area contributed by atoms with Gasteiger partial charge in [-0.25, -0.2) is 4.79 Å². The van der Waals surface area contributed by atoms with Gasteiger partial charge in [-0.2, -0.15) is 0 Å². The van der Waals surface area contributed by atoms with Gasteiger partial charge in [0, 0.05) is 6.54 Å². The van der Waals surface area contributed by atoms with Crippen LogP contribution in [0.3, 0.4) is 0 Å². The van der Waals surface area contributed by atoms with Gasteiger partial charge in [0.15, 0.2) is 11.5 Å². The first-order chi connectivity index (χ1) is 18.3. The van der Waals surface area contributed by atoms with Crippen molar-refractivity contribution in [1.82, 2.24) is 10.2 Å². The lowest BCUT2D eigenvalue weighted by Crippen LogP contribution is -2.60. The minimum Gasteiger partial charge on any atom is -0.493 e. The quantitative estimate of drug-likeness (QED) is 0.370. The first-order valence-electron chi connectivity index (χ1n) is 14.0. The van der Waals surface area contributed by atoms with Crippen molar-refractivity contribution in [1.29, 1.82) is 0 Å². The number of urea groups is 1. The molecule has 2 fully saturated rings. The predicted molar refractivity (Wildman–Crippen MR) is 146 cm³/mol. The number of nitrogens with two attached hydrogens (primary N) is 1. The standard InChI is InChI=1S/C29H45N3O6/c1-5-6-12-17-32(28(35)31-29(27(30)34)15-10-11-16-29)26(33)24(20-13-8-7-9-14-20)21-18-22(36-2)25(38-4)23(19-21)37-3/h18-20,24H,5-17H2,1-4H3,(H2,30,34)(H,31,35). The summed E-state index contributed by atoms with van der Waals surface area (Å²) in [5.41, 5.74) is 5.37. The lowest BCUT2D eigenvalue weighted by atomic mass is 9.76. The fourth-order valence-electron chi connectivity index (χ4n) is 6.05. The molecule has 212 valence electrons. The number of rotatable bonds is 12. The van der Waals surface area contributed by atoms with Gasteiger partial charge in [-0.05, 0) is 55.7 Å². The highest BCUT2D eigenvalue weighted by atomic mass is 16.5. The van der Waals surface area contributed by atoms with Crippen LogP contribution in [0.25, 0.3) is 0 Å². The van der Waals surface area contributed by atoms with Crippen LogP contribution in [0, 0.1) is 5.92 Å². The molecule has 1 aromatic rings. The number of benzene rings is 1. The normalized spacial score (nSPS) is 17.9. The highest BCUT2D eigenvalue weighted by Gasteiger charge is 2.44. The molecule has 1 unspecified atom stereocenters. The summed E-state index contributed by atoms with van der Waals surface area (Å²) in [5, 5.41) is 2.89. The number of carbonyl (C=O) groups is 3. The van der Waals surface area contributed by atoms with E-state index in [2.05, 4.69) is 12.2 Å². The third-order valence-corrected chi connectivity index (χ3v) is 8.20. The van der Waals surface area contributed by atoms with Crippen molar-refractivity contribution >= 4 is 17.8 Å². The number of primary amides is 1. The predicted octanol–water partition coefficient (Wildman–Crippen LogP) is 4.90. The molecule has 2 saturated carbocycles. The molecule has 3 rings (SSSR count). The number of hydrogen-bond acceptors (Lipinski definition) is 6.